The third kappa shape index (κ3) is 2.31. The van der Waals surface area contributed by atoms with Gasteiger partial charge in [-0.25, -0.2) is 0 Å². The molecule has 4 nitrogen and oxygen atoms in total. The SMILES string of the molecule is CC1(C)Oc2c(Cl)cccc2C(O)C1N1CCOCC1. The molecule has 0 aliphatic carbocycles. The lowest BCUT2D eigenvalue weighted by atomic mass is 9.84. The van der Waals surface area contributed by atoms with Gasteiger partial charge in [0.05, 0.1) is 24.3 Å². The summed E-state index contributed by atoms with van der Waals surface area (Å²) in [4.78, 5) is 2.25. The van der Waals surface area contributed by atoms with Crippen molar-refractivity contribution in [1.82, 2.24) is 4.90 Å². The van der Waals surface area contributed by atoms with Crippen molar-refractivity contribution in [3.8, 4) is 5.75 Å². The van der Waals surface area contributed by atoms with E-state index >= 15 is 0 Å². The van der Waals surface area contributed by atoms with Crippen LogP contribution >= 0.6 is 11.6 Å². The summed E-state index contributed by atoms with van der Waals surface area (Å²) in [5.74, 6) is 0.608. The van der Waals surface area contributed by atoms with E-state index < -0.39 is 11.7 Å². The number of hydrogen-bond donors (Lipinski definition) is 1. The second kappa shape index (κ2) is 5.19. The molecule has 2 aliphatic rings. The molecule has 0 spiro atoms. The maximum atomic E-state index is 10.8. The van der Waals surface area contributed by atoms with Crippen molar-refractivity contribution in [2.45, 2.75) is 31.6 Å². The van der Waals surface area contributed by atoms with Crippen LogP contribution in [0.25, 0.3) is 0 Å². The summed E-state index contributed by atoms with van der Waals surface area (Å²) in [5, 5.41) is 11.4. The van der Waals surface area contributed by atoms with Gasteiger partial charge >= 0.3 is 0 Å². The molecule has 0 saturated carbocycles. The van der Waals surface area contributed by atoms with Crippen molar-refractivity contribution in [3.05, 3.63) is 28.8 Å². The number of halogens is 1. The van der Waals surface area contributed by atoms with Crippen LogP contribution in [0, 0.1) is 0 Å². The largest absolute Gasteiger partial charge is 0.484 e. The summed E-state index contributed by atoms with van der Waals surface area (Å²) in [7, 11) is 0. The average Bonchev–Trinajstić information content (AvgIpc) is 2.41. The first kappa shape index (κ1) is 14.1. The van der Waals surface area contributed by atoms with Gasteiger partial charge in [0, 0.05) is 18.7 Å². The van der Waals surface area contributed by atoms with E-state index in [0.29, 0.717) is 24.0 Å². The first-order valence-corrected chi connectivity index (χ1v) is 7.36. The van der Waals surface area contributed by atoms with Crippen molar-refractivity contribution in [2.75, 3.05) is 26.3 Å². The predicted molar refractivity (Wildman–Crippen MR) is 77.3 cm³/mol. The van der Waals surface area contributed by atoms with E-state index in [1.54, 1.807) is 6.07 Å². The summed E-state index contributed by atoms with van der Waals surface area (Å²) in [5.41, 5.74) is 0.266. The van der Waals surface area contributed by atoms with Gasteiger partial charge in [0.2, 0.25) is 0 Å². The minimum Gasteiger partial charge on any atom is -0.484 e. The number of fused-ring (bicyclic) bond motifs is 1. The first-order valence-electron chi connectivity index (χ1n) is 6.98. The molecule has 2 unspecified atom stereocenters. The molecular formula is C15H20ClNO3. The van der Waals surface area contributed by atoms with Crippen LogP contribution in [0.4, 0.5) is 0 Å². The van der Waals surface area contributed by atoms with E-state index in [1.165, 1.54) is 0 Å². The van der Waals surface area contributed by atoms with Gasteiger partial charge in [-0.15, -0.1) is 0 Å². The number of nitrogens with zero attached hydrogens (tertiary/aromatic N) is 1. The monoisotopic (exact) mass is 297 g/mol. The maximum absolute atomic E-state index is 10.8. The number of hydrogen-bond acceptors (Lipinski definition) is 4. The van der Waals surface area contributed by atoms with E-state index in [2.05, 4.69) is 4.90 Å². The normalized spacial score (nSPS) is 29.6. The summed E-state index contributed by atoms with van der Waals surface area (Å²) >= 11 is 6.20. The standard InChI is InChI=1S/C15H20ClNO3/c1-15(2)14(17-6-8-19-9-7-17)12(18)10-4-3-5-11(16)13(10)20-15/h3-5,12,14,18H,6-9H2,1-2H3. The molecule has 1 aromatic rings. The van der Waals surface area contributed by atoms with E-state index in [1.807, 2.05) is 26.0 Å². The number of para-hydroxylation sites is 1. The zero-order valence-electron chi connectivity index (χ0n) is 11.8. The highest BCUT2D eigenvalue weighted by Crippen LogP contribution is 2.45. The Labute approximate surface area is 124 Å². The Balaban J connectivity index is 1.99. The Bertz CT molecular complexity index is 500. The minimum atomic E-state index is -0.606. The number of rotatable bonds is 1. The Morgan fingerprint density at radius 2 is 2.00 bits per heavy atom. The van der Waals surface area contributed by atoms with Gasteiger partial charge in [0.15, 0.2) is 0 Å². The molecule has 5 heteroatoms. The Morgan fingerprint density at radius 1 is 1.30 bits per heavy atom. The first-order chi connectivity index (χ1) is 9.50. The molecular weight excluding hydrogens is 278 g/mol. The zero-order valence-corrected chi connectivity index (χ0v) is 12.6. The fraction of sp³-hybridized carbons (Fsp3) is 0.600. The molecule has 2 atom stereocenters. The molecule has 0 aromatic heterocycles. The van der Waals surface area contributed by atoms with Crippen molar-refractivity contribution in [3.63, 3.8) is 0 Å². The number of aliphatic hydroxyl groups excluding tert-OH is 1. The summed E-state index contributed by atoms with van der Waals surface area (Å²) in [6.45, 7) is 7.02. The van der Waals surface area contributed by atoms with E-state index in [-0.39, 0.29) is 6.04 Å². The molecule has 3 rings (SSSR count). The highest BCUT2D eigenvalue weighted by Gasteiger charge is 2.47. The average molecular weight is 298 g/mol. The van der Waals surface area contributed by atoms with E-state index in [4.69, 9.17) is 21.1 Å². The van der Waals surface area contributed by atoms with Crippen molar-refractivity contribution in [2.24, 2.45) is 0 Å². The molecule has 1 saturated heterocycles. The van der Waals surface area contributed by atoms with Gasteiger partial charge in [-0.3, -0.25) is 4.90 Å². The van der Waals surface area contributed by atoms with Crippen molar-refractivity contribution < 1.29 is 14.6 Å². The lowest BCUT2D eigenvalue weighted by molar-refractivity contribution is -0.106. The molecule has 0 amide bonds. The van der Waals surface area contributed by atoms with Crippen molar-refractivity contribution >= 4 is 11.6 Å². The van der Waals surface area contributed by atoms with E-state index in [9.17, 15) is 5.11 Å². The minimum absolute atomic E-state index is 0.0997. The molecule has 1 fully saturated rings. The van der Waals surface area contributed by atoms with Gasteiger partial charge in [-0.1, -0.05) is 23.7 Å². The molecule has 0 radical (unpaired) electrons. The van der Waals surface area contributed by atoms with Crippen LogP contribution in [0.15, 0.2) is 18.2 Å². The lowest BCUT2D eigenvalue weighted by Crippen LogP contribution is -2.60. The molecule has 20 heavy (non-hydrogen) atoms. The zero-order chi connectivity index (χ0) is 14.3. The van der Waals surface area contributed by atoms with Crippen LogP contribution in [0.1, 0.15) is 25.5 Å². The fourth-order valence-electron chi connectivity index (χ4n) is 3.23. The molecule has 2 aliphatic heterocycles. The third-order valence-electron chi connectivity index (χ3n) is 4.13. The summed E-state index contributed by atoms with van der Waals surface area (Å²) in [6.07, 6.45) is -0.606. The third-order valence-corrected chi connectivity index (χ3v) is 4.43. The molecule has 1 N–H and O–H groups in total. The quantitative estimate of drug-likeness (QED) is 0.863. The van der Waals surface area contributed by atoms with Crippen LogP contribution in [-0.4, -0.2) is 48.0 Å². The second-order valence-electron chi connectivity index (χ2n) is 5.90. The summed E-state index contributed by atoms with van der Waals surface area (Å²) < 4.78 is 11.5. The van der Waals surface area contributed by atoms with Gasteiger partial charge in [0.25, 0.3) is 0 Å². The molecule has 0 bridgehead atoms. The maximum Gasteiger partial charge on any atom is 0.144 e. The van der Waals surface area contributed by atoms with Gasteiger partial charge in [0.1, 0.15) is 17.5 Å². The smallest absolute Gasteiger partial charge is 0.144 e. The number of benzene rings is 1. The summed E-state index contributed by atoms with van der Waals surface area (Å²) in [6, 6.07) is 5.42. The Hall–Kier alpha value is -0.810. The number of aliphatic hydroxyl groups is 1. The number of ether oxygens (including phenoxy) is 2. The predicted octanol–water partition coefficient (Wildman–Crippen LogP) is 2.25. The van der Waals surface area contributed by atoms with Gasteiger partial charge < -0.3 is 14.6 Å². The second-order valence-corrected chi connectivity index (χ2v) is 6.31. The number of morpholine rings is 1. The van der Waals surface area contributed by atoms with Gasteiger partial charge in [-0.2, -0.15) is 0 Å². The van der Waals surface area contributed by atoms with Crippen LogP contribution < -0.4 is 4.74 Å². The van der Waals surface area contributed by atoms with E-state index in [0.717, 1.165) is 18.7 Å². The highest BCUT2D eigenvalue weighted by molar-refractivity contribution is 6.32. The Morgan fingerprint density at radius 3 is 2.70 bits per heavy atom. The van der Waals surface area contributed by atoms with Gasteiger partial charge in [-0.05, 0) is 19.9 Å². The Kier molecular flexibility index (Phi) is 3.67. The fourth-order valence-corrected chi connectivity index (χ4v) is 3.46. The van der Waals surface area contributed by atoms with Crippen LogP contribution in [-0.2, 0) is 4.74 Å². The molecule has 2 heterocycles. The van der Waals surface area contributed by atoms with Crippen LogP contribution in [0.3, 0.4) is 0 Å². The lowest BCUT2D eigenvalue weighted by Gasteiger charge is -2.49. The molecule has 1 aromatic carbocycles. The topological polar surface area (TPSA) is 41.9 Å². The van der Waals surface area contributed by atoms with Crippen LogP contribution in [0.2, 0.25) is 5.02 Å². The van der Waals surface area contributed by atoms with Crippen molar-refractivity contribution in [1.29, 1.82) is 0 Å². The highest BCUT2D eigenvalue weighted by atomic mass is 35.5. The molecule has 110 valence electrons. The van der Waals surface area contributed by atoms with Crippen LogP contribution in [0.5, 0.6) is 5.75 Å².